The van der Waals surface area contributed by atoms with Crippen LogP contribution in [0.15, 0.2) is 18.3 Å². The third-order valence-electron chi connectivity index (χ3n) is 4.01. The molecule has 1 spiro atoms. The van der Waals surface area contributed by atoms with Crippen LogP contribution < -0.4 is 10.2 Å². The molecule has 1 N–H and O–H groups in total. The highest BCUT2D eigenvalue weighted by Gasteiger charge is 2.44. The van der Waals surface area contributed by atoms with Crippen LogP contribution in [-0.2, 0) is 6.18 Å². The molecule has 3 heterocycles. The fourth-order valence-electron chi connectivity index (χ4n) is 3.02. The minimum absolute atomic E-state index is 0. The first-order valence-electron chi connectivity index (χ1n) is 6.48. The van der Waals surface area contributed by atoms with Gasteiger partial charge in [-0.05, 0) is 31.5 Å². The van der Waals surface area contributed by atoms with Crippen molar-refractivity contribution in [2.45, 2.75) is 19.0 Å². The Balaban J connectivity index is 0.00000147. The maximum absolute atomic E-state index is 12.6. The van der Waals surface area contributed by atoms with Crippen molar-refractivity contribution in [1.82, 2.24) is 10.3 Å². The van der Waals surface area contributed by atoms with Crippen molar-refractivity contribution in [2.75, 3.05) is 31.1 Å². The normalized spacial score (nSPS) is 21.2. The molecule has 0 bridgehead atoms. The third-order valence-corrected chi connectivity index (χ3v) is 4.01. The Morgan fingerprint density at radius 2 is 2.05 bits per heavy atom. The van der Waals surface area contributed by atoms with Crippen molar-refractivity contribution >= 4 is 18.1 Å². The van der Waals surface area contributed by atoms with Gasteiger partial charge < -0.3 is 10.2 Å². The fraction of sp³-hybridized carbons (Fsp3) is 0.615. The van der Waals surface area contributed by atoms with Gasteiger partial charge in [0.2, 0.25) is 0 Å². The maximum atomic E-state index is 12.6. The molecule has 3 nitrogen and oxygen atoms in total. The summed E-state index contributed by atoms with van der Waals surface area (Å²) < 4.78 is 37.8. The molecule has 3 rings (SSSR count). The molecule has 2 saturated heterocycles. The van der Waals surface area contributed by atoms with E-state index in [0.717, 1.165) is 45.1 Å². The van der Waals surface area contributed by atoms with Gasteiger partial charge in [0.15, 0.2) is 0 Å². The smallest absolute Gasteiger partial charge is 0.370 e. The second kappa shape index (κ2) is 5.41. The van der Waals surface area contributed by atoms with E-state index in [0.29, 0.717) is 5.69 Å². The zero-order valence-corrected chi connectivity index (χ0v) is 11.7. The molecule has 1 aromatic rings. The fourth-order valence-corrected chi connectivity index (χ4v) is 3.02. The number of piperidine rings is 1. The van der Waals surface area contributed by atoms with Crippen LogP contribution in [0.4, 0.5) is 18.9 Å². The van der Waals surface area contributed by atoms with Gasteiger partial charge in [0.05, 0.1) is 0 Å². The number of nitrogens with one attached hydrogen (secondary N) is 1. The van der Waals surface area contributed by atoms with E-state index in [4.69, 9.17) is 0 Å². The van der Waals surface area contributed by atoms with Gasteiger partial charge in [0.1, 0.15) is 5.69 Å². The van der Waals surface area contributed by atoms with E-state index in [2.05, 4.69) is 10.3 Å². The Morgan fingerprint density at radius 3 is 2.65 bits per heavy atom. The van der Waals surface area contributed by atoms with Gasteiger partial charge in [-0.3, -0.25) is 4.98 Å². The number of pyridine rings is 1. The van der Waals surface area contributed by atoms with Gasteiger partial charge in [-0.25, -0.2) is 0 Å². The first-order valence-corrected chi connectivity index (χ1v) is 6.48. The zero-order valence-electron chi connectivity index (χ0n) is 10.9. The highest BCUT2D eigenvalue weighted by molar-refractivity contribution is 5.85. The van der Waals surface area contributed by atoms with Gasteiger partial charge >= 0.3 is 6.18 Å². The summed E-state index contributed by atoms with van der Waals surface area (Å²) in [6.45, 7) is 3.69. The molecule has 0 aromatic carbocycles. The molecule has 0 saturated carbocycles. The summed E-state index contributed by atoms with van der Waals surface area (Å²) in [7, 11) is 0. The molecular weight excluding hydrogens is 291 g/mol. The van der Waals surface area contributed by atoms with E-state index in [1.165, 1.54) is 6.20 Å². The topological polar surface area (TPSA) is 28.2 Å². The molecule has 2 fully saturated rings. The zero-order chi connectivity index (χ0) is 13.5. The molecule has 0 radical (unpaired) electrons. The lowest BCUT2D eigenvalue weighted by Crippen LogP contribution is -2.62. The lowest BCUT2D eigenvalue weighted by molar-refractivity contribution is -0.141. The number of hydrogen-bond acceptors (Lipinski definition) is 3. The molecule has 0 aliphatic carbocycles. The maximum Gasteiger partial charge on any atom is 0.433 e. The predicted octanol–water partition coefficient (Wildman–Crippen LogP) is 2.71. The van der Waals surface area contributed by atoms with Crippen LogP contribution in [0.25, 0.3) is 0 Å². The summed E-state index contributed by atoms with van der Waals surface area (Å²) in [6.07, 6.45) is -0.821. The van der Waals surface area contributed by atoms with Gasteiger partial charge in [-0.15, -0.1) is 12.4 Å². The van der Waals surface area contributed by atoms with Crippen LogP contribution in [0.5, 0.6) is 0 Å². The number of nitrogens with zero attached hydrogens (tertiary/aromatic N) is 2. The number of halogens is 4. The summed E-state index contributed by atoms with van der Waals surface area (Å²) in [5.41, 5.74) is 0.0751. The van der Waals surface area contributed by atoms with Crippen molar-refractivity contribution in [3.8, 4) is 0 Å². The molecular formula is C13H17ClF3N3. The molecule has 7 heteroatoms. The largest absolute Gasteiger partial charge is 0.433 e. The van der Waals surface area contributed by atoms with Crippen molar-refractivity contribution in [1.29, 1.82) is 0 Å². The second-order valence-electron chi connectivity index (χ2n) is 5.53. The van der Waals surface area contributed by atoms with Gasteiger partial charge in [0.25, 0.3) is 0 Å². The van der Waals surface area contributed by atoms with E-state index in [-0.39, 0.29) is 17.8 Å². The van der Waals surface area contributed by atoms with Gasteiger partial charge in [0, 0.05) is 36.9 Å². The number of aromatic nitrogens is 1. The van der Waals surface area contributed by atoms with E-state index < -0.39 is 11.9 Å². The quantitative estimate of drug-likeness (QED) is 0.864. The van der Waals surface area contributed by atoms with Crippen molar-refractivity contribution in [3.05, 3.63) is 24.0 Å². The summed E-state index contributed by atoms with van der Waals surface area (Å²) in [5, 5.41) is 3.37. The average molecular weight is 308 g/mol. The molecule has 0 amide bonds. The Labute approximate surface area is 122 Å². The third kappa shape index (κ3) is 2.86. The highest BCUT2D eigenvalue weighted by atomic mass is 35.5. The van der Waals surface area contributed by atoms with Crippen LogP contribution in [0.2, 0.25) is 0 Å². The van der Waals surface area contributed by atoms with Crippen LogP contribution in [0.1, 0.15) is 18.5 Å². The first-order chi connectivity index (χ1) is 8.99. The van der Waals surface area contributed by atoms with Crippen molar-refractivity contribution in [3.63, 3.8) is 0 Å². The first kappa shape index (κ1) is 15.4. The van der Waals surface area contributed by atoms with Crippen molar-refractivity contribution < 1.29 is 13.2 Å². The predicted molar refractivity (Wildman–Crippen MR) is 73.2 cm³/mol. The Morgan fingerprint density at radius 1 is 1.30 bits per heavy atom. The highest BCUT2D eigenvalue weighted by Crippen LogP contribution is 2.40. The van der Waals surface area contributed by atoms with Crippen LogP contribution in [-0.4, -0.2) is 31.2 Å². The molecule has 112 valence electrons. The summed E-state index contributed by atoms with van der Waals surface area (Å²) in [5.74, 6) is 0. The van der Waals surface area contributed by atoms with Crippen LogP contribution in [0, 0.1) is 5.41 Å². The van der Waals surface area contributed by atoms with Gasteiger partial charge in [-0.2, -0.15) is 13.2 Å². The Kier molecular flexibility index (Phi) is 4.16. The number of alkyl halides is 3. The number of anilines is 1. The summed E-state index contributed by atoms with van der Waals surface area (Å²) in [6, 6.07) is 2.79. The minimum Gasteiger partial charge on any atom is -0.370 e. The van der Waals surface area contributed by atoms with Crippen LogP contribution >= 0.6 is 12.4 Å². The summed E-state index contributed by atoms with van der Waals surface area (Å²) in [4.78, 5) is 5.40. The van der Waals surface area contributed by atoms with Gasteiger partial charge in [-0.1, -0.05) is 0 Å². The van der Waals surface area contributed by atoms with E-state index in [1.54, 1.807) is 6.07 Å². The van der Waals surface area contributed by atoms with E-state index in [1.807, 2.05) is 4.90 Å². The standard InChI is InChI=1S/C13H16F3N3.ClH/c14-13(15,16)11-6-10(2-5-18-11)19-8-12(9-19)3-1-4-17-7-12;/h2,5-6,17H,1,3-4,7-9H2;1H. The number of rotatable bonds is 1. The molecule has 0 atom stereocenters. The molecule has 2 aliphatic rings. The Hall–Kier alpha value is -1.01. The lowest BCUT2D eigenvalue weighted by Gasteiger charge is -2.53. The minimum atomic E-state index is -4.37. The van der Waals surface area contributed by atoms with Crippen LogP contribution in [0.3, 0.4) is 0 Å². The monoisotopic (exact) mass is 307 g/mol. The Bertz CT molecular complexity index is 464. The summed E-state index contributed by atoms with van der Waals surface area (Å²) >= 11 is 0. The van der Waals surface area contributed by atoms with E-state index >= 15 is 0 Å². The molecule has 20 heavy (non-hydrogen) atoms. The van der Waals surface area contributed by atoms with E-state index in [9.17, 15) is 13.2 Å². The van der Waals surface area contributed by atoms with Crippen molar-refractivity contribution in [2.24, 2.45) is 5.41 Å². The average Bonchev–Trinajstić information content (AvgIpc) is 2.36. The second-order valence-corrected chi connectivity index (χ2v) is 5.53. The SMILES string of the molecule is Cl.FC(F)(F)c1cc(N2CC3(CCCNC3)C2)ccn1. The molecule has 1 aromatic heterocycles. The molecule has 0 unspecified atom stereocenters. The number of hydrogen-bond donors (Lipinski definition) is 1. The molecule has 2 aliphatic heterocycles. The lowest BCUT2D eigenvalue weighted by atomic mass is 9.74.